The lowest BCUT2D eigenvalue weighted by atomic mass is 9.48. The van der Waals surface area contributed by atoms with Gasteiger partial charge in [-0.05, 0) is 57.3 Å². The van der Waals surface area contributed by atoms with Crippen molar-refractivity contribution in [1.29, 1.82) is 0 Å². The summed E-state index contributed by atoms with van der Waals surface area (Å²) in [5.74, 6) is 1.61. The molecule has 0 N–H and O–H groups in total. The van der Waals surface area contributed by atoms with Gasteiger partial charge < -0.3 is 9.47 Å². The molecule has 0 aromatic heterocycles. The lowest BCUT2D eigenvalue weighted by Crippen LogP contribution is -2.58. The Morgan fingerprint density at radius 2 is 1.94 bits per heavy atom. The van der Waals surface area contributed by atoms with Crippen LogP contribution in [0.25, 0.3) is 0 Å². The van der Waals surface area contributed by atoms with E-state index in [4.69, 9.17) is 9.47 Å². The molecule has 0 heterocycles. The van der Waals surface area contributed by atoms with E-state index < -0.39 is 0 Å². The first-order valence-corrected chi connectivity index (χ1v) is 6.88. The maximum absolute atomic E-state index is 10.5. The van der Waals surface area contributed by atoms with Crippen molar-refractivity contribution in [2.45, 2.75) is 51.0 Å². The van der Waals surface area contributed by atoms with Gasteiger partial charge in [-0.3, -0.25) is 4.79 Å². The van der Waals surface area contributed by atoms with E-state index in [1.54, 1.807) is 0 Å². The molecule has 4 fully saturated rings. The molecule has 17 heavy (non-hydrogen) atoms. The van der Waals surface area contributed by atoms with Crippen LogP contribution in [-0.2, 0) is 14.3 Å². The highest BCUT2D eigenvalue weighted by atomic mass is 16.5. The first-order valence-electron chi connectivity index (χ1n) is 6.88. The van der Waals surface area contributed by atoms with E-state index in [1.807, 2.05) is 0 Å². The van der Waals surface area contributed by atoms with Crippen LogP contribution in [0.15, 0.2) is 0 Å². The van der Waals surface area contributed by atoms with Crippen molar-refractivity contribution in [2.24, 2.45) is 17.3 Å². The maximum Gasteiger partial charge on any atom is 0.293 e. The molecule has 3 nitrogen and oxygen atoms in total. The Hall–Kier alpha value is -0.570. The molecule has 0 amide bonds. The molecule has 4 aliphatic carbocycles. The Labute approximate surface area is 103 Å². The number of carbonyl (C=O) groups is 1. The van der Waals surface area contributed by atoms with E-state index in [1.165, 1.54) is 32.1 Å². The van der Waals surface area contributed by atoms with Crippen LogP contribution in [0.2, 0.25) is 0 Å². The minimum Gasteiger partial charge on any atom is -0.467 e. The fourth-order valence-corrected chi connectivity index (χ4v) is 5.22. The number of hydrogen-bond donors (Lipinski definition) is 0. The van der Waals surface area contributed by atoms with Gasteiger partial charge in [0.1, 0.15) is 0 Å². The molecule has 0 aromatic rings. The second-order valence-corrected chi connectivity index (χ2v) is 6.48. The molecule has 0 aromatic carbocycles. The summed E-state index contributed by atoms with van der Waals surface area (Å²) in [6.45, 7) is 4.11. The molecule has 96 valence electrons. The standard InChI is InChI=1S/C14H22O3/c1-2-17-14-6-11-3-12(7-14)5-13(4-11,8-14)9-16-10-15/h10-12H,2-9H2,1H3. The van der Waals surface area contributed by atoms with Gasteiger partial charge in [0.15, 0.2) is 0 Å². The van der Waals surface area contributed by atoms with Gasteiger partial charge in [-0.2, -0.15) is 0 Å². The van der Waals surface area contributed by atoms with Crippen molar-refractivity contribution in [3.8, 4) is 0 Å². The summed E-state index contributed by atoms with van der Waals surface area (Å²) in [4.78, 5) is 10.5. The van der Waals surface area contributed by atoms with Crippen LogP contribution in [0, 0.1) is 17.3 Å². The fraction of sp³-hybridized carbons (Fsp3) is 0.929. The summed E-state index contributed by atoms with van der Waals surface area (Å²) in [7, 11) is 0. The maximum atomic E-state index is 10.5. The molecule has 3 heteroatoms. The van der Waals surface area contributed by atoms with Crippen LogP contribution in [-0.4, -0.2) is 25.3 Å². The first-order chi connectivity index (χ1) is 8.19. The van der Waals surface area contributed by atoms with E-state index >= 15 is 0 Å². The van der Waals surface area contributed by atoms with Crippen molar-refractivity contribution in [2.75, 3.05) is 13.2 Å². The third kappa shape index (κ3) is 1.88. The van der Waals surface area contributed by atoms with Crippen molar-refractivity contribution >= 4 is 6.47 Å². The van der Waals surface area contributed by atoms with Crippen molar-refractivity contribution < 1.29 is 14.3 Å². The van der Waals surface area contributed by atoms with E-state index in [2.05, 4.69) is 6.92 Å². The van der Waals surface area contributed by atoms with Crippen molar-refractivity contribution in [3.05, 3.63) is 0 Å². The van der Waals surface area contributed by atoms with Gasteiger partial charge in [0.25, 0.3) is 6.47 Å². The number of carbonyl (C=O) groups excluding carboxylic acids is 1. The molecule has 4 bridgehead atoms. The quantitative estimate of drug-likeness (QED) is 0.690. The minimum atomic E-state index is 0.116. The molecule has 0 aliphatic heterocycles. The summed E-state index contributed by atoms with van der Waals surface area (Å²) in [6.07, 6.45) is 7.44. The van der Waals surface area contributed by atoms with Crippen LogP contribution in [0.1, 0.15) is 45.4 Å². The molecular formula is C14H22O3. The minimum absolute atomic E-state index is 0.116. The predicted molar refractivity (Wildman–Crippen MR) is 63.5 cm³/mol. The van der Waals surface area contributed by atoms with Gasteiger partial charge in [-0.1, -0.05) is 0 Å². The molecule has 0 spiro atoms. The topological polar surface area (TPSA) is 35.5 Å². The van der Waals surface area contributed by atoms with Crippen LogP contribution in [0.3, 0.4) is 0 Å². The molecule has 2 unspecified atom stereocenters. The summed E-state index contributed by atoms with van der Waals surface area (Å²) < 4.78 is 11.2. The summed E-state index contributed by atoms with van der Waals surface area (Å²) in [5, 5.41) is 0. The summed E-state index contributed by atoms with van der Waals surface area (Å²) in [5.41, 5.74) is 0.352. The monoisotopic (exact) mass is 238 g/mol. The SMILES string of the molecule is CCOC12CC3CC(CC(COC=O)(C3)C1)C2. The zero-order valence-corrected chi connectivity index (χ0v) is 10.6. The average molecular weight is 238 g/mol. The predicted octanol–water partition coefficient (Wildman–Crippen LogP) is 2.53. The number of hydrogen-bond acceptors (Lipinski definition) is 3. The molecule has 0 radical (unpaired) electrons. The van der Waals surface area contributed by atoms with E-state index in [9.17, 15) is 4.79 Å². The van der Waals surface area contributed by atoms with Crippen LogP contribution in [0.5, 0.6) is 0 Å². The van der Waals surface area contributed by atoms with Crippen LogP contribution < -0.4 is 0 Å². The van der Waals surface area contributed by atoms with Crippen molar-refractivity contribution in [3.63, 3.8) is 0 Å². The Balaban J connectivity index is 1.81. The highest BCUT2D eigenvalue weighted by molar-refractivity contribution is 5.37. The fourth-order valence-electron chi connectivity index (χ4n) is 5.22. The molecule has 4 aliphatic rings. The van der Waals surface area contributed by atoms with E-state index in [-0.39, 0.29) is 11.0 Å². The molecule has 2 atom stereocenters. The Morgan fingerprint density at radius 1 is 1.24 bits per heavy atom. The highest BCUT2D eigenvalue weighted by Crippen LogP contribution is 2.62. The van der Waals surface area contributed by atoms with Gasteiger partial charge in [0.2, 0.25) is 0 Å². The summed E-state index contributed by atoms with van der Waals surface area (Å²) >= 11 is 0. The molecular weight excluding hydrogens is 216 g/mol. The smallest absolute Gasteiger partial charge is 0.293 e. The van der Waals surface area contributed by atoms with Gasteiger partial charge in [-0.15, -0.1) is 0 Å². The first kappa shape index (κ1) is 11.5. The van der Waals surface area contributed by atoms with Crippen LogP contribution in [0.4, 0.5) is 0 Å². The lowest BCUT2D eigenvalue weighted by molar-refractivity contribution is -0.202. The van der Waals surface area contributed by atoms with Gasteiger partial charge in [0, 0.05) is 12.0 Å². The van der Waals surface area contributed by atoms with E-state index in [0.717, 1.165) is 24.9 Å². The number of rotatable bonds is 5. The van der Waals surface area contributed by atoms with E-state index in [0.29, 0.717) is 13.1 Å². The average Bonchev–Trinajstić information content (AvgIpc) is 2.24. The third-order valence-corrected chi connectivity index (χ3v) is 5.04. The molecule has 4 saturated carbocycles. The molecule has 0 saturated heterocycles. The lowest BCUT2D eigenvalue weighted by Gasteiger charge is -2.61. The largest absolute Gasteiger partial charge is 0.467 e. The van der Waals surface area contributed by atoms with Gasteiger partial charge >= 0.3 is 0 Å². The Kier molecular flexibility index (Phi) is 2.69. The zero-order valence-electron chi connectivity index (χ0n) is 10.6. The zero-order chi connectivity index (χ0) is 11.9. The van der Waals surface area contributed by atoms with Gasteiger partial charge in [0.05, 0.1) is 12.2 Å². The van der Waals surface area contributed by atoms with Gasteiger partial charge in [-0.25, -0.2) is 0 Å². The second-order valence-electron chi connectivity index (χ2n) is 6.48. The Bertz CT molecular complexity index is 299. The Morgan fingerprint density at radius 3 is 2.53 bits per heavy atom. The van der Waals surface area contributed by atoms with Crippen LogP contribution >= 0.6 is 0 Å². The highest BCUT2D eigenvalue weighted by Gasteiger charge is 2.58. The normalized spacial score (nSPS) is 47.1. The summed E-state index contributed by atoms with van der Waals surface area (Å²) in [6, 6.07) is 0. The second kappa shape index (κ2) is 3.98. The third-order valence-electron chi connectivity index (χ3n) is 5.04. The molecule has 4 rings (SSSR count). The number of ether oxygens (including phenoxy) is 2. The van der Waals surface area contributed by atoms with Crippen molar-refractivity contribution in [1.82, 2.24) is 0 Å².